The van der Waals surface area contributed by atoms with Crippen molar-refractivity contribution in [2.24, 2.45) is 5.41 Å². The summed E-state index contributed by atoms with van der Waals surface area (Å²) in [6.45, 7) is 6.93. The normalized spacial score (nSPS) is 22.1. The molecule has 4 heterocycles. The molecular weight excluding hydrogens is 480 g/mol. The van der Waals surface area contributed by atoms with Crippen LogP contribution in [0.25, 0.3) is 5.52 Å². The fraction of sp³-hybridized carbons (Fsp3) is 0.444. The molecule has 1 unspecified atom stereocenters. The molecule has 2 aliphatic rings. The van der Waals surface area contributed by atoms with Crippen LogP contribution in [0, 0.1) is 17.0 Å². The standard InChI is InChI=1S/C27H31F2N5O3/c1-27(2,3)24-21(9-11-33(24)26(36)37)31-25(35)19-15-30-34-12-8-17(14-23(19)34)32-10-4-5-22(32)18-13-16(28)6-7-20(18)29/h6-8,12-15,21-22,24H,4-5,9-11H2,1-3H3,(H,31,35)(H,36,37)/t21?,22-,24-/m1/s1. The van der Waals surface area contributed by atoms with Crippen LogP contribution in [-0.4, -0.2) is 56.8 Å². The average Bonchev–Trinajstić information content (AvgIpc) is 3.57. The first kappa shape index (κ1) is 25.0. The zero-order valence-corrected chi connectivity index (χ0v) is 21.1. The Balaban J connectivity index is 1.43. The maximum atomic E-state index is 14.6. The van der Waals surface area contributed by atoms with Crippen LogP contribution in [0.4, 0.5) is 19.3 Å². The van der Waals surface area contributed by atoms with E-state index in [4.69, 9.17) is 0 Å². The number of nitrogens with zero attached hydrogens (tertiary/aromatic N) is 4. The number of anilines is 1. The molecule has 3 aromatic rings. The van der Waals surface area contributed by atoms with Gasteiger partial charge in [0, 0.05) is 30.5 Å². The van der Waals surface area contributed by atoms with Crippen LogP contribution in [0.1, 0.15) is 62.0 Å². The lowest BCUT2D eigenvalue weighted by Gasteiger charge is -2.37. The van der Waals surface area contributed by atoms with E-state index in [-0.39, 0.29) is 29.4 Å². The van der Waals surface area contributed by atoms with Crippen LogP contribution >= 0.6 is 0 Å². The first-order chi connectivity index (χ1) is 17.5. The zero-order chi connectivity index (χ0) is 26.5. The average molecular weight is 512 g/mol. The molecule has 2 N–H and O–H groups in total. The lowest BCUT2D eigenvalue weighted by molar-refractivity contribution is 0.0828. The van der Waals surface area contributed by atoms with E-state index in [1.807, 2.05) is 37.8 Å². The van der Waals surface area contributed by atoms with Gasteiger partial charge in [0.15, 0.2) is 0 Å². The van der Waals surface area contributed by atoms with Gasteiger partial charge in [0.2, 0.25) is 0 Å². The summed E-state index contributed by atoms with van der Waals surface area (Å²) in [6, 6.07) is 6.22. The molecule has 196 valence electrons. The highest BCUT2D eigenvalue weighted by molar-refractivity contribution is 6.01. The lowest BCUT2D eigenvalue weighted by atomic mass is 9.82. The van der Waals surface area contributed by atoms with Gasteiger partial charge in [-0.1, -0.05) is 20.8 Å². The Morgan fingerprint density at radius 3 is 2.62 bits per heavy atom. The van der Waals surface area contributed by atoms with E-state index in [2.05, 4.69) is 10.4 Å². The van der Waals surface area contributed by atoms with E-state index in [1.165, 1.54) is 17.2 Å². The van der Waals surface area contributed by atoms with Crippen LogP contribution in [0.5, 0.6) is 0 Å². The molecule has 2 aromatic heterocycles. The Kier molecular flexibility index (Phi) is 6.29. The Morgan fingerprint density at radius 2 is 1.89 bits per heavy atom. The number of likely N-dealkylation sites (tertiary alicyclic amines) is 1. The first-order valence-corrected chi connectivity index (χ1v) is 12.5. The van der Waals surface area contributed by atoms with Gasteiger partial charge >= 0.3 is 6.09 Å². The highest BCUT2D eigenvalue weighted by Gasteiger charge is 2.44. The molecule has 0 radical (unpaired) electrons. The summed E-state index contributed by atoms with van der Waals surface area (Å²) in [6.07, 6.45) is 4.30. The summed E-state index contributed by atoms with van der Waals surface area (Å²) >= 11 is 0. The van der Waals surface area contributed by atoms with Gasteiger partial charge in [-0.25, -0.2) is 18.1 Å². The second kappa shape index (κ2) is 9.32. The van der Waals surface area contributed by atoms with Gasteiger partial charge < -0.3 is 20.2 Å². The van der Waals surface area contributed by atoms with Crippen molar-refractivity contribution < 1.29 is 23.5 Å². The van der Waals surface area contributed by atoms with Crippen LogP contribution in [0.3, 0.4) is 0 Å². The number of hydrogen-bond acceptors (Lipinski definition) is 4. The number of rotatable bonds is 4. The third kappa shape index (κ3) is 4.60. The number of aromatic nitrogens is 2. The molecule has 0 bridgehead atoms. The molecule has 2 aliphatic heterocycles. The van der Waals surface area contributed by atoms with Gasteiger partial charge in [0.25, 0.3) is 5.91 Å². The molecule has 2 fully saturated rings. The maximum Gasteiger partial charge on any atom is 0.407 e. The predicted octanol–water partition coefficient (Wildman–Crippen LogP) is 4.85. The molecule has 5 rings (SSSR count). The van der Waals surface area contributed by atoms with E-state index >= 15 is 0 Å². The number of carboxylic acid groups (broad SMARTS) is 1. The molecule has 8 nitrogen and oxygen atoms in total. The van der Waals surface area contributed by atoms with Gasteiger partial charge in [0.05, 0.1) is 35.4 Å². The van der Waals surface area contributed by atoms with E-state index in [9.17, 15) is 23.5 Å². The van der Waals surface area contributed by atoms with Gasteiger partial charge in [-0.15, -0.1) is 0 Å². The van der Waals surface area contributed by atoms with Crippen LogP contribution in [-0.2, 0) is 0 Å². The Bertz CT molecular complexity index is 1350. The summed E-state index contributed by atoms with van der Waals surface area (Å²) in [7, 11) is 0. The molecule has 2 saturated heterocycles. The molecule has 0 spiro atoms. The number of benzene rings is 1. The first-order valence-electron chi connectivity index (χ1n) is 12.5. The minimum absolute atomic E-state index is 0.314. The Labute approximate surface area is 213 Å². The molecule has 1 aromatic carbocycles. The van der Waals surface area contributed by atoms with E-state index < -0.39 is 17.7 Å². The van der Waals surface area contributed by atoms with Crippen molar-refractivity contribution >= 4 is 23.2 Å². The number of carbonyl (C=O) groups excluding carboxylic acids is 1. The summed E-state index contributed by atoms with van der Waals surface area (Å²) < 4.78 is 30.1. The van der Waals surface area contributed by atoms with Crippen LogP contribution in [0.2, 0.25) is 0 Å². The van der Waals surface area contributed by atoms with Crippen LogP contribution in [0.15, 0.2) is 42.7 Å². The highest BCUT2D eigenvalue weighted by atomic mass is 19.1. The summed E-state index contributed by atoms with van der Waals surface area (Å²) in [5.74, 6) is -1.24. The Hall–Kier alpha value is -3.69. The van der Waals surface area contributed by atoms with Crippen molar-refractivity contribution in [2.45, 2.75) is 58.2 Å². The molecule has 0 saturated carbocycles. The number of halogens is 2. The van der Waals surface area contributed by atoms with E-state index in [0.717, 1.165) is 24.2 Å². The minimum Gasteiger partial charge on any atom is -0.465 e. The third-order valence-electron chi connectivity index (χ3n) is 7.50. The minimum atomic E-state index is -0.993. The van der Waals surface area contributed by atoms with Gasteiger partial charge in [-0.05, 0) is 55.0 Å². The fourth-order valence-electron chi connectivity index (χ4n) is 5.97. The fourth-order valence-corrected chi connectivity index (χ4v) is 5.97. The SMILES string of the molecule is CC(C)(C)[C@H]1C(NC(=O)c2cnn3ccc(N4CCC[C@@H]4c4cc(F)ccc4F)cc23)CCN1C(=O)O. The van der Waals surface area contributed by atoms with Gasteiger partial charge in [-0.3, -0.25) is 4.79 Å². The molecule has 3 atom stereocenters. The van der Waals surface area contributed by atoms with Crippen molar-refractivity contribution in [2.75, 3.05) is 18.0 Å². The Morgan fingerprint density at radius 1 is 1.11 bits per heavy atom. The quantitative estimate of drug-likeness (QED) is 0.523. The maximum absolute atomic E-state index is 14.6. The molecule has 0 aliphatic carbocycles. The van der Waals surface area contributed by atoms with Crippen molar-refractivity contribution in [3.05, 3.63) is 65.5 Å². The predicted molar refractivity (Wildman–Crippen MR) is 135 cm³/mol. The van der Waals surface area contributed by atoms with Crippen LogP contribution < -0.4 is 10.2 Å². The second-order valence-electron chi connectivity index (χ2n) is 10.9. The number of hydrogen-bond donors (Lipinski definition) is 2. The largest absolute Gasteiger partial charge is 0.465 e. The third-order valence-corrected chi connectivity index (χ3v) is 7.50. The molecule has 10 heteroatoms. The smallest absolute Gasteiger partial charge is 0.407 e. The number of pyridine rings is 1. The molecular formula is C27H31F2N5O3. The number of carbonyl (C=O) groups is 2. The van der Waals surface area contributed by atoms with Crippen molar-refractivity contribution in [1.82, 2.24) is 19.8 Å². The lowest BCUT2D eigenvalue weighted by Crippen LogP contribution is -2.52. The number of nitrogens with one attached hydrogen (secondary N) is 1. The van der Waals surface area contributed by atoms with E-state index in [0.29, 0.717) is 42.6 Å². The highest BCUT2D eigenvalue weighted by Crippen LogP contribution is 2.38. The van der Waals surface area contributed by atoms with E-state index in [1.54, 1.807) is 10.7 Å². The summed E-state index contributed by atoms with van der Waals surface area (Å²) in [4.78, 5) is 28.6. The summed E-state index contributed by atoms with van der Waals surface area (Å²) in [5.41, 5.74) is 1.70. The monoisotopic (exact) mass is 511 g/mol. The summed E-state index contributed by atoms with van der Waals surface area (Å²) in [5, 5.41) is 17.0. The number of amides is 2. The van der Waals surface area contributed by atoms with Crippen molar-refractivity contribution in [3.8, 4) is 0 Å². The number of fused-ring (bicyclic) bond motifs is 1. The molecule has 37 heavy (non-hydrogen) atoms. The topological polar surface area (TPSA) is 90.2 Å². The van der Waals surface area contributed by atoms with Crippen molar-refractivity contribution in [3.63, 3.8) is 0 Å². The van der Waals surface area contributed by atoms with Gasteiger partial charge in [0.1, 0.15) is 11.6 Å². The zero-order valence-electron chi connectivity index (χ0n) is 21.1. The molecule has 2 amide bonds. The second-order valence-corrected chi connectivity index (χ2v) is 10.9. The van der Waals surface area contributed by atoms with Gasteiger partial charge in [-0.2, -0.15) is 5.10 Å². The van der Waals surface area contributed by atoms with Crippen molar-refractivity contribution in [1.29, 1.82) is 0 Å².